The summed E-state index contributed by atoms with van der Waals surface area (Å²) in [6.07, 6.45) is 0. The molecule has 142 valence electrons. The van der Waals surface area contributed by atoms with Crippen LogP contribution in [0.1, 0.15) is 15.9 Å². The Hall–Kier alpha value is -2.46. The molecule has 0 aliphatic heterocycles. The summed E-state index contributed by atoms with van der Waals surface area (Å²) >= 11 is 9.80. The van der Waals surface area contributed by atoms with Gasteiger partial charge in [-0.3, -0.25) is 4.79 Å². The van der Waals surface area contributed by atoms with E-state index in [-0.39, 0.29) is 5.78 Å². The fourth-order valence-corrected chi connectivity index (χ4v) is 4.76. The molecule has 0 bridgehead atoms. The van der Waals surface area contributed by atoms with Gasteiger partial charge in [-0.25, -0.2) is 0 Å². The summed E-state index contributed by atoms with van der Waals surface area (Å²) in [4.78, 5) is 17.0. The van der Waals surface area contributed by atoms with E-state index in [0.29, 0.717) is 16.1 Å². The molecule has 29 heavy (non-hydrogen) atoms. The van der Waals surface area contributed by atoms with Crippen LogP contribution in [0.15, 0.2) is 123 Å². The van der Waals surface area contributed by atoms with Gasteiger partial charge in [-0.1, -0.05) is 83.7 Å². The van der Waals surface area contributed by atoms with Gasteiger partial charge in [-0.05, 0) is 54.6 Å². The second kappa shape index (κ2) is 9.36. The molecule has 0 spiro atoms. The van der Waals surface area contributed by atoms with E-state index in [0.717, 1.165) is 9.79 Å². The standard InChI is InChI=1S/C25H17ClOS2/c26-23-17-19(25(27)18-7-3-1-4-8-18)11-16-24(23)29-22-14-12-21(13-15-22)28-20-9-5-2-6-10-20/h1-17H. The molecule has 0 unspecified atom stereocenters. The second-order valence-corrected chi connectivity index (χ2v) is 9.00. The predicted octanol–water partition coefficient (Wildman–Crippen LogP) is 7.87. The van der Waals surface area contributed by atoms with Crippen LogP contribution in [0.5, 0.6) is 0 Å². The van der Waals surface area contributed by atoms with Crippen molar-refractivity contribution in [2.75, 3.05) is 0 Å². The third-order valence-electron chi connectivity index (χ3n) is 4.26. The molecule has 0 saturated carbocycles. The summed E-state index contributed by atoms with van der Waals surface area (Å²) < 4.78 is 0. The van der Waals surface area contributed by atoms with Crippen LogP contribution in [0, 0.1) is 0 Å². The third kappa shape index (κ3) is 5.13. The molecule has 0 radical (unpaired) electrons. The Balaban J connectivity index is 1.46. The van der Waals surface area contributed by atoms with E-state index < -0.39 is 0 Å². The van der Waals surface area contributed by atoms with Crippen molar-refractivity contribution in [3.63, 3.8) is 0 Å². The lowest BCUT2D eigenvalue weighted by atomic mass is 10.0. The first-order valence-corrected chi connectivity index (χ1v) is 11.1. The van der Waals surface area contributed by atoms with Crippen molar-refractivity contribution in [2.45, 2.75) is 19.6 Å². The zero-order valence-electron chi connectivity index (χ0n) is 15.4. The fourth-order valence-electron chi connectivity index (χ4n) is 2.81. The Bertz CT molecular complexity index is 1110. The third-order valence-corrected chi connectivity index (χ3v) is 6.78. The van der Waals surface area contributed by atoms with Gasteiger partial charge in [0.05, 0.1) is 5.02 Å². The molecule has 0 heterocycles. The molecule has 1 nitrogen and oxygen atoms in total. The Morgan fingerprint density at radius 1 is 0.586 bits per heavy atom. The number of carbonyl (C=O) groups is 1. The molecule has 0 atom stereocenters. The monoisotopic (exact) mass is 432 g/mol. The summed E-state index contributed by atoms with van der Waals surface area (Å²) in [5.41, 5.74) is 1.26. The van der Waals surface area contributed by atoms with Crippen LogP contribution in [-0.4, -0.2) is 5.78 Å². The molecule has 0 aromatic heterocycles. The molecule has 0 fully saturated rings. The number of hydrogen-bond acceptors (Lipinski definition) is 3. The minimum absolute atomic E-state index is 0.0219. The minimum atomic E-state index is -0.0219. The maximum Gasteiger partial charge on any atom is 0.193 e. The number of benzene rings is 4. The summed E-state index contributed by atoms with van der Waals surface area (Å²) in [6.45, 7) is 0. The zero-order valence-corrected chi connectivity index (χ0v) is 17.8. The highest BCUT2D eigenvalue weighted by Gasteiger charge is 2.11. The number of halogens is 1. The Morgan fingerprint density at radius 3 is 1.76 bits per heavy atom. The Kier molecular flexibility index (Phi) is 6.40. The van der Waals surface area contributed by atoms with Gasteiger partial charge in [-0.2, -0.15) is 0 Å². The smallest absolute Gasteiger partial charge is 0.193 e. The molecule has 4 aromatic carbocycles. The van der Waals surface area contributed by atoms with Crippen molar-refractivity contribution in [3.05, 3.63) is 119 Å². The lowest BCUT2D eigenvalue weighted by Crippen LogP contribution is -2.00. The highest BCUT2D eigenvalue weighted by Crippen LogP contribution is 2.36. The summed E-state index contributed by atoms with van der Waals surface area (Å²) in [5, 5.41) is 0.583. The van der Waals surface area contributed by atoms with Crippen molar-refractivity contribution < 1.29 is 4.79 Å². The van der Waals surface area contributed by atoms with Gasteiger partial charge >= 0.3 is 0 Å². The van der Waals surface area contributed by atoms with Crippen LogP contribution < -0.4 is 0 Å². The first kappa shape index (κ1) is 19.8. The molecule has 0 saturated heterocycles. The lowest BCUT2D eigenvalue weighted by molar-refractivity contribution is 0.103. The molecular formula is C25H17ClOS2. The summed E-state index contributed by atoms with van der Waals surface area (Å²) in [7, 11) is 0. The molecule has 0 N–H and O–H groups in total. The van der Waals surface area contributed by atoms with Crippen LogP contribution in [0.4, 0.5) is 0 Å². The van der Waals surface area contributed by atoms with E-state index in [1.165, 1.54) is 9.79 Å². The molecular weight excluding hydrogens is 416 g/mol. The van der Waals surface area contributed by atoms with Gasteiger partial charge in [0.25, 0.3) is 0 Å². The average molecular weight is 433 g/mol. The van der Waals surface area contributed by atoms with E-state index in [9.17, 15) is 4.79 Å². The Labute approximate surface area is 184 Å². The van der Waals surface area contributed by atoms with Crippen LogP contribution in [0.2, 0.25) is 5.02 Å². The van der Waals surface area contributed by atoms with E-state index in [1.54, 1.807) is 29.6 Å². The molecule has 4 rings (SSSR count). The van der Waals surface area contributed by atoms with Gasteiger partial charge in [0, 0.05) is 30.7 Å². The number of ketones is 1. The topological polar surface area (TPSA) is 17.1 Å². The van der Waals surface area contributed by atoms with Crippen molar-refractivity contribution in [3.8, 4) is 0 Å². The van der Waals surface area contributed by atoms with Crippen molar-refractivity contribution in [2.24, 2.45) is 0 Å². The van der Waals surface area contributed by atoms with Crippen LogP contribution in [-0.2, 0) is 0 Å². The normalized spacial score (nSPS) is 10.7. The predicted molar refractivity (Wildman–Crippen MR) is 122 cm³/mol. The zero-order chi connectivity index (χ0) is 20.1. The fraction of sp³-hybridized carbons (Fsp3) is 0. The van der Waals surface area contributed by atoms with Gasteiger partial charge in [-0.15, -0.1) is 0 Å². The molecule has 0 aliphatic rings. The first-order chi connectivity index (χ1) is 14.2. The number of rotatable bonds is 6. The van der Waals surface area contributed by atoms with E-state index in [2.05, 4.69) is 36.4 Å². The number of hydrogen-bond donors (Lipinski definition) is 0. The molecule has 0 amide bonds. The highest BCUT2D eigenvalue weighted by molar-refractivity contribution is 7.99. The summed E-state index contributed by atoms with van der Waals surface area (Å²) in [6, 6.07) is 33.5. The van der Waals surface area contributed by atoms with Crippen LogP contribution >= 0.6 is 35.1 Å². The average Bonchev–Trinajstić information content (AvgIpc) is 2.77. The van der Waals surface area contributed by atoms with Crippen molar-refractivity contribution in [1.29, 1.82) is 0 Å². The van der Waals surface area contributed by atoms with Crippen molar-refractivity contribution >= 4 is 40.9 Å². The van der Waals surface area contributed by atoms with E-state index in [1.807, 2.05) is 60.7 Å². The first-order valence-electron chi connectivity index (χ1n) is 9.09. The summed E-state index contributed by atoms with van der Waals surface area (Å²) in [5.74, 6) is -0.0219. The van der Waals surface area contributed by atoms with Gasteiger partial charge in [0.15, 0.2) is 5.78 Å². The van der Waals surface area contributed by atoms with E-state index >= 15 is 0 Å². The lowest BCUT2D eigenvalue weighted by Gasteiger charge is -2.08. The maximum absolute atomic E-state index is 12.6. The molecule has 0 aliphatic carbocycles. The SMILES string of the molecule is O=C(c1ccccc1)c1ccc(Sc2ccc(Sc3ccccc3)cc2)c(Cl)c1. The van der Waals surface area contributed by atoms with E-state index in [4.69, 9.17) is 11.6 Å². The van der Waals surface area contributed by atoms with Crippen molar-refractivity contribution in [1.82, 2.24) is 0 Å². The van der Waals surface area contributed by atoms with Gasteiger partial charge in [0.2, 0.25) is 0 Å². The Morgan fingerprint density at radius 2 is 1.14 bits per heavy atom. The molecule has 4 heteroatoms. The van der Waals surface area contributed by atoms with Gasteiger partial charge < -0.3 is 0 Å². The molecule has 4 aromatic rings. The second-order valence-electron chi connectivity index (χ2n) is 6.33. The van der Waals surface area contributed by atoms with Crippen LogP contribution in [0.3, 0.4) is 0 Å². The van der Waals surface area contributed by atoms with Crippen LogP contribution in [0.25, 0.3) is 0 Å². The largest absolute Gasteiger partial charge is 0.289 e. The quantitative estimate of drug-likeness (QED) is 0.288. The maximum atomic E-state index is 12.6. The number of carbonyl (C=O) groups excluding carboxylic acids is 1. The highest BCUT2D eigenvalue weighted by atomic mass is 35.5. The van der Waals surface area contributed by atoms with Gasteiger partial charge in [0.1, 0.15) is 0 Å². The minimum Gasteiger partial charge on any atom is -0.289 e.